The van der Waals surface area contributed by atoms with Crippen molar-refractivity contribution in [3.8, 4) is 11.1 Å². The van der Waals surface area contributed by atoms with Gasteiger partial charge in [0, 0.05) is 30.9 Å². The van der Waals surface area contributed by atoms with E-state index in [-0.39, 0.29) is 11.4 Å². The lowest BCUT2D eigenvalue weighted by molar-refractivity contribution is 0.0698. The molecule has 2 heterocycles. The predicted octanol–water partition coefficient (Wildman–Crippen LogP) is 2.88. The van der Waals surface area contributed by atoms with Gasteiger partial charge in [0.1, 0.15) is 6.73 Å². The summed E-state index contributed by atoms with van der Waals surface area (Å²) in [7, 11) is 3.46. The Balaban J connectivity index is 1.99. The first-order chi connectivity index (χ1) is 10.6. The molecule has 1 aliphatic carbocycles. The van der Waals surface area contributed by atoms with Gasteiger partial charge in [-0.1, -0.05) is 17.7 Å². The van der Waals surface area contributed by atoms with Crippen molar-refractivity contribution >= 4 is 17.5 Å². The molecular weight excluding hydrogens is 302 g/mol. The van der Waals surface area contributed by atoms with E-state index in [1.54, 1.807) is 11.8 Å². The molecule has 1 aliphatic heterocycles. The zero-order chi connectivity index (χ0) is 15.5. The second-order valence-corrected chi connectivity index (χ2v) is 6.37. The number of fused-ring (bicyclic) bond motifs is 4. The summed E-state index contributed by atoms with van der Waals surface area (Å²) in [6.07, 6.45) is 3.82. The maximum atomic E-state index is 12.8. The summed E-state index contributed by atoms with van der Waals surface area (Å²) in [6.45, 7) is 0.311. The fourth-order valence-corrected chi connectivity index (χ4v) is 3.55. The Morgan fingerprint density at radius 3 is 2.82 bits per heavy atom. The molecule has 6 heteroatoms. The third kappa shape index (κ3) is 1.76. The van der Waals surface area contributed by atoms with Crippen LogP contribution < -0.4 is 0 Å². The van der Waals surface area contributed by atoms with Gasteiger partial charge in [0.15, 0.2) is 5.69 Å². The molecule has 0 N–H and O–H groups in total. The Bertz CT molecular complexity index is 780. The molecule has 1 aromatic heterocycles. The quantitative estimate of drug-likeness (QED) is 0.855. The Hall–Kier alpha value is -1.85. The number of hydrogen-bond donors (Lipinski definition) is 0. The lowest BCUT2D eigenvalue weighted by Crippen LogP contribution is -2.36. The molecular formula is C16H16ClN3O2. The van der Waals surface area contributed by atoms with Crippen molar-refractivity contribution in [2.75, 3.05) is 14.2 Å². The van der Waals surface area contributed by atoms with Crippen LogP contribution in [0.25, 0.3) is 11.1 Å². The van der Waals surface area contributed by atoms with Crippen molar-refractivity contribution in [3.05, 3.63) is 40.7 Å². The van der Waals surface area contributed by atoms with E-state index in [1.165, 1.54) is 0 Å². The Labute approximate surface area is 133 Å². The second-order valence-electron chi connectivity index (χ2n) is 5.93. The summed E-state index contributed by atoms with van der Waals surface area (Å²) in [5.41, 5.74) is 3.25. The van der Waals surface area contributed by atoms with Gasteiger partial charge in [-0.15, -0.1) is 0 Å². The lowest BCUT2D eigenvalue weighted by Gasteiger charge is -2.27. The first-order valence-electron chi connectivity index (χ1n) is 7.22. The normalized spacial score (nSPS) is 18.1. The standard InChI is InChI=1S/C16H16ClN3O2/c1-19-15(21)14-12(8-20(18-14)9-22-2)11-7-10(17)3-4-13(11)16(19)5-6-16/h3-4,7-8H,5-6,9H2,1-2H3. The van der Waals surface area contributed by atoms with Crippen molar-refractivity contribution in [2.45, 2.75) is 25.1 Å². The number of methoxy groups -OCH3 is 1. The molecule has 1 fully saturated rings. The summed E-state index contributed by atoms with van der Waals surface area (Å²) in [5.74, 6) is -0.0466. The van der Waals surface area contributed by atoms with Crippen LogP contribution in [-0.4, -0.2) is 34.7 Å². The number of aromatic nitrogens is 2. The summed E-state index contributed by atoms with van der Waals surface area (Å²) in [5, 5.41) is 5.08. The van der Waals surface area contributed by atoms with Gasteiger partial charge >= 0.3 is 0 Å². The van der Waals surface area contributed by atoms with Gasteiger partial charge < -0.3 is 9.64 Å². The summed E-state index contributed by atoms with van der Waals surface area (Å²) < 4.78 is 6.76. The summed E-state index contributed by atoms with van der Waals surface area (Å²) in [6, 6.07) is 5.86. The number of amides is 1. The second kappa shape index (κ2) is 4.57. The number of carbonyl (C=O) groups excluding carboxylic acids is 1. The van der Waals surface area contributed by atoms with Crippen LogP contribution in [0.15, 0.2) is 24.4 Å². The SMILES string of the molecule is COCn1cc2c(n1)C(=O)N(C)C1(CC1)c1ccc(Cl)cc1-2. The van der Waals surface area contributed by atoms with Gasteiger partial charge in [-0.25, -0.2) is 4.68 Å². The lowest BCUT2D eigenvalue weighted by atomic mass is 9.95. The number of nitrogens with zero attached hydrogens (tertiary/aromatic N) is 3. The molecule has 2 aliphatic rings. The molecule has 0 saturated heterocycles. The predicted molar refractivity (Wildman–Crippen MR) is 82.7 cm³/mol. The van der Waals surface area contributed by atoms with E-state index in [4.69, 9.17) is 16.3 Å². The summed E-state index contributed by atoms with van der Waals surface area (Å²) >= 11 is 6.20. The van der Waals surface area contributed by atoms with Crippen LogP contribution >= 0.6 is 11.6 Å². The molecule has 22 heavy (non-hydrogen) atoms. The van der Waals surface area contributed by atoms with Crippen LogP contribution in [0, 0.1) is 0 Å². The first kappa shape index (κ1) is 13.8. The molecule has 1 saturated carbocycles. The maximum absolute atomic E-state index is 12.8. The monoisotopic (exact) mass is 317 g/mol. The zero-order valence-corrected chi connectivity index (χ0v) is 13.2. The number of halogens is 1. The smallest absolute Gasteiger partial charge is 0.275 e. The molecule has 0 unspecified atom stereocenters. The first-order valence-corrected chi connectivity index (χ1v) is 7.59. The van der Waals surface area contributed by atoms with Crippen LogP contribution in [0.2, 0.25) is 5.02 Å². The Morgan fingerprint density at radius 1 is 1.36 bits per heavy atom. The molecule has 0 atom stereocenters. The van der Waals surface area contributed by atoms with E-state index in [1.807, 2.05) is 36.3 Å². The number of hydrogen-bond acceptors (Lipinski definition) is 3. The molecule has 114 valence electrons. The highest BCUT2D eigenvalue weighted by atomic mass is 35.5. The van der Waals surface area contributed by atoms with Gasteiger partial charge in [0.25, 0.3) is 5.91 Å². The summed E-state index contributed by atoms with van der Waals surface area (Å²) in [4.78, 5) is 14.7. The van der Waals surface area contributed by atoms with Crippen molar-refractivity contribution in [2.24, 2.45) is 0 Å². The molecule has 1 amide bonds. The number of ether oxygens (including phenoxy) is 1. The fourth-order valence-electron chi connectivity index (χ4n) is 3.38. The fraction of sp³-hybridized carbons (Fsp3) is 0.375. The highest BCUT2D eigenvalue weighted by molar-refractivity contribution is 6.31. The minimum Gasteiger partial charge on any atom is -0.362 e. The molecule has 4 rings (SSSR count). The molecule has 5 nitrogen and oxygen atoms in total. The molecule has 0 radical (unpaired) electrons. The van der Waals surface area contributed by atoms with Crippen LogP contribution in [-0.2, 0) is 17.0 Å². The van der Waals surface area contributed by atoms with Gasteiger partial charge in [-0.3, -0.25) is 4.79 Å². The van der Waals surface area contributed by atoms with E-state index in [0.29, 0.717) is 17.4 Å². The van der Waals surface area contributed by atoms with Gasteiger partial charge in [0.2, 0.25) is 0 Å². The highest BCUT2D eigenvalue weighted by Gasteiger charge is 2.53. The van der Waals surface area contributed by atoms with Gasteiger partial charge in [-0.2, -0.15) is 5.10 Å². The minimum atomic E-state index is -0.198. The van der Waals surface area contributed by atoms with E-state index < -0.39 is 0 Å². The van der Waals surface area contributed by atoms with E-state index >= 15 is 0 Å². The van der Waals surface area contributed by atoms with Crippen LogP contribution in [0.1, 0.15) is 28.9 Å². The largest absolute Gasteiger partial charge is 0.362 e. The topological polar surface area (TPSA) is 47.4 Å². The van der Waals surface area contributed by atoms with Crippen LogP contribution in [0.3, 0.4) is 0 Å². The third-order valence-electron chi connectivity index (χ3n) is 4.67. The molecule has 1 spiro atoms. The third-order valence-corrected chi connectivity index (χ3v) is 4.90. The van der Waals surface area contributed by atoms with Crippen molar-refractivity contribution in [1.82, 2.24) is 14.7 Å². The molecule has 1 aromatic carbocycles. The molecule has 0 bridgehead atoms. The minimum absolute atomic E-state index is 0.0466. The van der Waals surface area contributed by atoms with Crippen molar-refractivity contribution in [3.63, 3.8) is 0 Å². The van der Waals surface area contributed by atoms with Crippen molar-refractivity contribution < 1.29 is 9.53 Å². The average molecular weight is 318 g/mol. The Kier molecular flexibility index (Phi) is 2.86. The number of carbonyl (C=O) groups is 1. The highest BCUT2D eigenvalue weighted by Crippen LogP contribution is 2.55. The van der Waals surface area contributed by atoms with Crippen molar-refractivity contribution in [1.29, 1.82) is 0 Å². The van der Waals surface area contributed by atoms with Crippen LogP contribution in [0.5, 0.6) is 0 Å². The van der Waals surface area contributed by atoms with E-state index in [9.17, 15) is 4.79 Å². The maximum Gasteiger partial charge on any atom is 0.275 e. The van der Waals surface area contributed by atoms with Crippen LogP contribution in [0.4, 0.5) is 0 Å². The molecule has 2 aromatic rings. The number of benzene rings is 1. The zero-order valence-electron chi connectivity index (χ0n) is 12.5. The van der Waals surface area contributed by atoms with E-state index in [2.05, 4.69) is 5.10 Å². The van der Waals surface area contributed by atoms with Gasteiger partial charge in [-0.05, 0) is 36.1 Å². The van der Waals surface area contributed by atoms with Gasteiger partial charge in [0.05, 0.1) is 5.54 Å². The van der Waals surface area contributed by atoms with E-state index in [0.717, 1.165) is 29.5 Å². The Morgan fingerprint density at radius 2 is 2.14 bits per heavy atom. The average Bonchev–Trinajstić information content (AvgIpc) is 3.21. The number of rotatable bonds is 2.